The molecule has 0 bridgehead atoms. The fourth-order valence-corrected chi connectivity index (χ4v) is 8.05. The van der Waals surface area contributed by atoms with E-state index < -0.39 is 16.1 Å². The molecule has 3 aliphatic heterocycles. The number of piperidine rings is 1. The van der Waals surface area contributed by atoms with Crippen LogP contribution in [0.5, 0.6) is 0 Å². The molecule has 3 fully saturated rings. The number of amides is 3. The Hall–Kier alpha value is -2.73. The molecule has 3 saturated heterocycles. The third-order valence-corrected chi connectivity index (χ3v) is 10.7. The summed E-state index contributed by atoms with van der Waals surface area (Å²) in [5.74, 6) is -0.353. The van der Waals surface area contributed by atoms with Crippen molar-refractivity contribution in [1.82, 2.24) is 24.3 Å². The number of fused-ring (bicyclic) bond motifs is 1. The van der Waals surface area contributed by atoms with Crippen LogP contribution in [0.15, 0.2) is 41.3 Å². The van der Waals surface area contributed by atoms with Crippen molar-refractivity contribution in [2.45, 2.75) is 69.0 Å². The van der Waals surface area contributed by atoms with E-state index in [9.17, 15) is 22.8 Å². The third kappa shape index (κ3) is 7.16. The summed E-state index contributed by atoms with van der Waals surface area (Å²) >= 11 is 6.05. The molecule has 12 heteroatoms. The minimum atomic E-state index is -3.96. The zero-order chi connectivity index (χ0) is 30.9. The molecule has 1 unspecified atom stereocenters. The summed E-state index contributed by atoms with van der Waals surface area (Å²) in [6.45, 7) is 7.28. The van der Waals surface area contributed by atoms with Gasteiger partial charge in [-0.1, -0.05) is 37.6 Å². The highest BCUT2D eigenvalue weighted by molar-refractivity contribution is 7.89. The molecule has 5 rings (SSSR count). The van der Waals surface area contributed by atoms with E-state index in [0.29, 0.717) is 31.0 Å². The summed E-state index contributed by atoms with van der Waals surface area (Å²) in [6.07, 6.45) is 3.71. The molecular formula is C31H42ClN5O5S. The Bertz CT molecular complexity index is 1480. The number of rotatable bonds is 9. The molecule has 0 spiro atoms. The molecule has 0 aliphatic carbocycles. The SMILES string of the molecule is CC(C)C(=O)N(C)C1CCN(C[C@@H]2CCCN2C(=O)CN2CCC[C@H](NS(=O)(=O)c3ccc4cc(Cl)ccc4c3)C2=O)C1. The molecule has 0 saturated carbocycles. The fraction of sp³-hybridized carbons (Fsp3) is 0.581. The summed E-state index contributed by atoms with van der Waals surface area (Å²) in [5.41, 5.74) is 0. The summed E-state index contributed by atoms with van der Waals surface area (Å²) in [6, 6.07) is 9.32. The van der Waals surface area contributed by atoms with E-state index in [1.807, 2.05) is 30.7 Å². The van der Waals surface area contributed by atoms with E-state index in [2.05, 4.69) is 9.62 Å². The number of benzene rings is 2. The van der Waals surface area contributed by atoms with E-state index >= 15 is 0 Å². The van der Waals surface area contributed by atoms with E-state index in [-0.39, 0.29) is 47.2 Å². The topological polar surface area (TPSA) is 110 Å². The van der Waals surface area contributed by atoms with Crippen LogP contribution in [0.4, 0.5) is 0 Å². The lowest BCUT2D eigenvalue weighted by atomic mass is 10.1. The molecule has 3 atom stereocenters. The van der Waals surface area contributed by atoms with Crippen molar-refractivity contribution >= 4 is 50.1 Å². The maximum Gasteiger partial charge on any atom is 0.242 e. The van der Waals surface area contributed by atoms with Gasteiger partial charge in [0, 0.05) is 62.8 Å². The average Bonchev–Trinajstić information content (AvgIpc) is 3.64. The van der Waals surface area contributed by atoms with Gasteiger partial charge in [-0.05, 0) is 67.1 Å². The van der Waals surface area contributed by atoms with Crippen LogP contribution < -0.4 is 4.72 Å². The van der Waals surface area contributed by atoms with E-state index in [1.165, 1.54) is 11.0 Å². The highest BCUT2D eigenvalue weighted by Crippen LogP contribution is 2.25. The minimum absolute atomic E-state index is 0.0341. The number of carbonyl (C=O) groups is 3. The molecule has 234 valence electrons. The Morgan fingerprint density at radius 3 is 2.51 bits per heavy atom. The van der Waals surface area contributed by atoms with Crippen molar-refractivity contribution in [2.75, 3.05) is 46.3 Å². The van der Waals surface area contributed by atoms with Gasteiger partial charge in [0.2, 0.25) is 27.7 Å². The lowest BCUT2D eigenvalue weighted by Crippen LogP contribution is -2.55. The first kappa shape index (κ1) is 31.7. The molecule has 0 aromatic heterocycles. The summed E-state index contributed by atoms with van der Waals surface area (Å²) in [5, 5.41) is 2.12. The van der Waals surface area contributed by atoms with Crippen molar-refractivity contribution in [2.24, 2.45) is 5.92 Å². The molecule has 3 heterocycles. The molecule has 2 aromatic rings. The largest absolute Gasteiger partial charge is 0.341 e. The predicted molar refractivity (Wildman–Crippen MR) is 166 cm³/mol. The van der Waals surface area contributed by atoms with Gasteiger partial charge in [-0.2, -0.15) is 4.72 Å². The quantitative estimate of drug-likeness (QED) is 0.456. The number of hydrogen-bond acceptors (Lipinski definition) is 6. The van der Waals surface area contributed by atoms with Crippen molar-refractivity contribution in [1.29, 1.82) is 0 Å². The molecule has 1 N–H and O–H groups in total. The predicted octanol–water partition coefficient (Wildman–Crippen LogP) is 2.94. The number of halogens is 1. The lowest BCUT2D eigenvalue weighted by Gasteiger charge is -2.35. The van der Waals surface area contributed by atoms with Gasteiger partial charge in [0.15, 0.2) is 0 Å². The van der Waals surface area contributed by atoms with E-state index in [1.54, 1.807) is 30.3 Å². The lowest BCUT2D eigenvalue weighted by molar-refractivity contribution is -0.143. The Morgan fingerprint density at radius 2 is 1.74 bits per heavy atom. The van der Waals surface area contributed by atoms with E-state index in [4.69, 9.17) is 11.6 Å². The highest BCUT2D eigenvalue weighted by Gasteiger charge is 2.38. The first-order chi connectivity index (χ1) is 20.4. The molecule has 0 radical (unpaired) electrons. The molecule has 10 nitrogen and oxygen atoms in total. The molecule has 43 heavy (non-hydrogen) atoms. The van der Waals surface area contributed by atoms with Gasteiger partial charge >= 0.3 is 0 Å². The number of carbonyl (C=O) groups excluding carboxylic acids is 3. The standard InChI is InChI=1S/C31H42ClN5O5S/c1-21(2)30(39)34(3)25-12-15-35(18-25)19-26-6-4-14-37(26)29(38)20-36-13-5-7-28(31(36)40)33-43(41,42)27-11-9-22-16-24(32)10-8-23(22)17-27/h8-11,16-17,21,25-26,28,33H,4-7,12-15,18-20H2,1-3H3/t25?,26-,28-/m0/s1. The second-order valence-corrected chi connectivity index (χ2v) is 14.6. The van der Waals surface area contributed by atoms with Gasteiger partial charge < -0.3 is 14.7 Å². The summed E-state index contributed by atoms with van der Waals surface area (Å²) in [4.78, 5) is 46.9. The van der Waals surface area contributed by atoms with Crippen LogP contribution in [0.25, 0.3) is 10.8 Å². The van der Waals surface area contributed by atoms with Crippen LogP contribution in [0, 0.1) is 5.92 Å². The smallest absolute Gasteiger partial charge is 0.242 e. The maximum absolute atomic E-state index is 13.5. The van der Waals surface area contributed by atoms with Crippen molar-refractivity contribution in [3.05, 3.63) is 41.4 Å². The van der Waals surface area contributed by atoms with Gasteiger partial charge in [-0.3, -0.25) is 19.3 Å². The fourth-order valence-electron chi connectivity index (χ4n) is 6.61. The van der Waals surface area contributed by atoms with Crippen LogP contribution in [-0.4, -0.2) is 110 Å². The third-order valence-electron chi connectivity index (χ3n) is 9.04. The Morgan fingerprint density at radius 1 is 1.02 bits per heavy atom. The summed E-state index contributed by atoms with van der Waals surface area (Å²) in [7, 11) is -2.08. The van der Waals surface area contributed by atoms with Gasteiger partial charge in [0.25, 0.3) is 0 Å². The number of sulfonamides is 1. The molecule has 3 aliphatic rings. The first-order valence-corrected chi connectivity index (χ1v) is 17.1. The normalized spacial score (nSPS) is 23.5. The van der Waals surface area contributed by atoms with E-state index in [0.717, 1.165) is 49.7 Å². The van der Waals surface area contributed by atoms with Crippen molar-refractivity contribution in [3.8, 4) is 0 Å². The average molecular weight is 632 g/mol. The van der Waals surface area contributed by atoms with Crippen LogP contribution in [0.2, 0.25) is 5.02 Å². The number of nitrogens with one attached hydrogen (secondary N) is 1. The van der Waals surface area contributed by atoms with Crippen molar-refractivity contribution < 1.29 is 22.8 Å². The zero-order valence-electron chi connectivity index (χ0n) is 25.2. The molecule has 3 amide bonds. The molecular weight excluding hydrogens is 590 g/mol. The zero-order valence-corrected chi connectivity index (χ0v) is 26.7. The minimum Gasteiger partial charge on any atom is -0.341 e. The second kappa shape index (κ2) is 13.1. The monoisotopic (exact) mass is 631 g/mol. The number of likely N-dealkylation sites (N-methyl/N-ethyl adjacent to an activating group) is 1. The maximum atomic E-state index is 13.5. The number of hydrogen-bond donors (Lipinski definition) is 1. The van der Waals surface area contributed by atoms with Gasteiger partial charge in [0.05, 0.1) is 11.4 Å². The van der Waals surface area contributed by atoms with Crippen LogP contribution in [0.3, 0.4) is 0 Å². The molecule has 2 aromatic carbocycles. The van der Waals surface area contributed by atoms with Crippen LogP contribution in [-0.2, 0) is 24.4 Å². The first-order valence-electron chi connectivity index (χ1n) is 15.2. The summed E-state index contributed by atoms with van der Waals surface area (Å²) < 4.78 is 29.0. The van der Waals surface area contributed by atoms with Crippen molar-refractivity contribution in [3.63, 3.8) is 0 Å². The van der Waals surface area contributed by atoms with Gasteiger partial charge in [-0.25, -0.2) is 8.42 Å². The van der Waals surface area contributed by atoms with Gasteiger partial charge in [0.1, 0.15) is 6.04 Å². The highest BCUT2D eigenvalue weighted by atomic mass is 35.5. The number of nitrogens with zero attached hydrogens (tertiary/aromatic N) is 4. The Balaban J connectivity index is 1.17. The number of likely N-dealkylation sites (tertiary alicyclic amines) is 3. The van der Waals surface area contributed by atoms with Crippen LogP contribution in [0.1, 0.15) is 46.0 Å². The Labute approximate surface area is 259 Å². The van der Waals surface area contributed by atoms with Gasteiger partial charge in [-0.15, -0.1) is 0 Å². The second-order valence-electron chi connectivity index (χ2n) is 12.4. The Kier molecular flexibility index (Phi) is 9.65. The van der Waals surface area contributed by atoms with Crippen LogP contribution >= 0.6 is 11.6 Å².